The molecular formula is C18H21N3O3S. The molecule has 0 N–H and O–H groups in total. The van der Waals surface area contributed by atoms with Gasteiger partial charge in [-0.1, -0.05) is 0 Å². The van der Waals surface area contributed by atoms with Gasteiger partial charge in [-0.15, -0.1) is 0 Å². The maximum Gasteiger partial charge on any atom is 0.257 e. The Morgan fingerprint density at radius 2 is 2.16 bits per heavy atom. The minimum Gasteiger partial charge on any atom is -0.469 e. The zero-order valence-corrected chi connectivity index (χ0v) is 15.2. The van der Waals surface area contributed by atoms with E-state index in [1.165, 1.54) is 0 Å². The second-order valence-electron chi connectivity index (χ2n) is 6.91. The molecule has 7 heteroatoms. The van der Waals surface area contributed by atoms with Crippen molar-refractivity contribution in [2.24, 2.45) is 0 Å². The molecule has 1 atom stereocenters. The van der Waals surface area contributed by atoms with Gasteiger partial charge in [0.1, 0.15) is 5.76 Å². The predicted molar refractivity (Wildman–Crippen MR) is 96.0 cm³/mol. The number of furan rings is 1. The van der Waals surface area contributed by atoms with E-state index < -0.39 is 0 Å². The maximum atomic E-state index is 12.8. The van der Waals surface area contributed by atoms with Gasteiger partial charge in [0.15, 0.2) is 0 Å². The number of carbonyl (C=O) groups is 2. The van der Waals surface area contributed by atoms with Crippen LogP contribution < -0.4 is 4.90 Å². The summed E-state index contributed by atoms with van der Waals surface area (Å²) in [6.07, 6.45) is 2.41. The summed E-state index contributed by atoms with van der Waals surface area (Å²) in [6.45, 7) is 4.12. The minimum atomic E-state index is -0.191. The molecule has 0 aliphatic carbocycles. The lowest BCUT2D eigenvalue weighted by atomic mass is 9.93. The van der Waals surface area contributed by atoms with Crippen LogP contribution in [0, 0.1) is 6.92 Å². The quantitative estimate of drug-likeness (QED) is 0.825. The molecule has 132 valence electrons. The van der Waals surface area contributed by atoms with E-state index in [9.17, 15) is 9.59 Å². The molecule has 2 fully saturated rings. The highest BCUT2D eigenvalue weighted by Crippen LogP contribution is 2.34. The number of piperazine rings is 1. The van der Waals surface area contributed by atoms with Gasteiger partial charge in [0.05, 0.1) is 29.6 Å². The highest BCUT2D eigenvalue weighted by Gasteiger charge is 2.49. The Morgan fingerprint density at radius 1 is 1.32 bits per heavy atom. The molecule has 0 bridgehead atoms. The number of carbonyl (C=O) groups excluding carboxylic acids is 2. The largest absolute Gasteiger partial charge is 0.469 e. The highest BCUT2D eigenvalue weighted by molar-refractivity contribution is 7.08. The summed E-state index contributed by atoms with van der Waals surface area (Å²) in [5.74, 6) is 0.774. The molecular weight excluding hydrogens is 338 g/mol. The predicted octanol–water partition coefficient (Wildman–Crippen LogP) is 2.21. The van der Waals surface area contributed by atoms with Crippen LogP contribution in [-0.4, -0.2) is 60.4 Å². The van der Waals surface area contributed by atoms with E-state index in [0.29, 0.717) is 37.5 Å². The van der Waals surface area contributed by atoms with Crippen LogP contribution >= 0.6 is 11.3 Å². The number of likely N-dealkylation sites (tertiary alicyclic amines) is 1. The van der Waals surface area contributed by atoms with Crippen molar-refractivity contribution < 1.29 is 14.0 Å². The van der Waals surface area contributed by atoms with E-state index in [1.807, 2.05) is 40.6 Å². The SMILES string of the molecule is Cc1occc1C(=O)N1CC[C@]2(C1)CN(c1ccsc1)C(=O)CN2C. The molecule has 1 spiro atoms. The Morgan fingerprint density at radius 3 is 2.84 bits per heavy atom. The van der Waals surface area contributed by atoms with Gasteiger partial charge in [0, 0.05) is 25.0 Å². The van der Waals surface area contributed by atoms with Gasteiger partial charge in [-0.2, -0.15) is 11.3 Å². The Bertz CT molecular complexity index is 800. The second-order valence-corrected chi connectivity index (χ2v) is 7.69. The summed E-state index contributed by atoms with van der Waals surface area (Å²) in [5, 5.41) is 3.99. The standard InChI is InChI=1S/C18H21N3O3S/c1-13-15(3-7-24-13)17(23)20-6-5-18(11-20)12-21(14-4-8-25-10-14)16(22)9-19(18)2/h3-4,7-8,10H,5-6,9,11-12H2,1-2H3/t18-/m0/s1. The third kappa shape index (κ3) is 2.67. The molecule has 25 heavy (non-hydrogen) atoms. The molecule has 2 aromatic rings. The molecule has 2 amide bonds. The molecule has 4 rings (SSSR count). The minimum absolute atomic E-state index is 0.00973. The van der Waals surface area contributed by atoms with Crippen LogP contribution in [0.4, 0.5) is 5.69 Å². The lowest BCUT2D eigenvalue weighted by Crippen LogP contribution is -2.64. The third-order valence-electron chi connectivity index (χ3n) is 5.46. The van der Waals surface area contributed by atoms with Crippen LogP contribution in [0.5, 0.6) is 0 Å². The van der Waals surface area contributed by atoms with E-state index in [0.717, 1.165) is 12.1 Å². The number of rotatable bonds is 2. The van der Waals surface area contributed by atoms with Crippen molar-refractivity contribution in [3.63, 3.8) is 0 Å². The van der Waals surface area contributed by atoms with Crippen molar-refractivity contribution in [1.29, 1.82) is 0 Å². The smallest absolute Gasteiger partial charge is 0.257 e. The molecule has 2 aliphatic heterocycles. The van der Waals surface area contributed by atoms with Crippen molar-refractivity contribution in [2.45, 2.75) is 18.9 Å². The van der Waals surface area contributed by atoms with Crippen LogP contribution in [0.1, 0.15) is 22.5 Å². The maximum absolute atomic E-state index is 12.8. The average Bonchev–Trinajstić information content (AvgIpc) is 3.32. The first kappa shape index (κ1) is 16.4. The lowest BCUT2D eigenvalue weighted by molar-refractivity contribution is -0.123. The van der Waals surface area contributed by atoms with Gasteiger partial charge in [-0.25, -0.2) is 0 Å². The first-order valence-corrected chi connectivity index (χ1v) is 9.32. The van der Waals surface area contributed by atoms with Gasteiger partial charge in [0.2, 0.25) is 5.91 Å². The van der Waals surface area contributed by atoms with E-state index in [4.69, 9.17) is 4.42 Å². The summed E-state index contributed by atoms with van der Waals surface area (Å²) in [5.41, 5.74) is 1.39. The Hall–Kier alpha value is -2.12. The summed E-state index contributed by atoms with van der Waals surface area (Å²) in [4.78, 5) is 31.2. The number of anilines is 1. The number of nitrogens with zero attached hydrogens (tertiary/aromatic N) is 3. The zero-order chi connectivity index (χ0) is 17.6. The molecule has 0 unspecified atom stereocenters. The van der Waals surface area contributed by atoms with Crippen LogP contribution in [0.3, 0.4) is 0 Å². The third-order valence-corrected chi connectivity index (χ3v) is 6.13. The van der Waals surface area contributed by atoms with Gasteiger partial charge < -0.3 is 14.2 Å². The second kappa shape index (κ2) is 6.00. The number of aryl methyl sites for hydroxylation is 1. The van der Waals surface area contributed by atoms with Crippen molar-refractivity contribution in [3.05, 3.63) is 40.5 Å². The number of hydrogen-bond donors (Lipinski definition) is 0. The van der Waals surface area contributed by atoms with Gasteiger partial charge >= 0.3 is 0 Å². The number of likely N-dealkylation sites (N-methyl/N-ethyl adjacent to an activating group) is 1. The lowest BCUT2D eigenvalue weighted by Gasteiger charge is -2.46. The number of thiophene rings is 1. The average molecular weight is 359 g/mol. The summed E-state index contributed by atoms with van der Waals surface area (Å²) in [7, 11) is 1.99. The summed E-state index contributed by atoms with van der Waals surface area (Å²) >= 11 is 1.59. The molecule has 0 aromatic carbocycles. The fourth-order valence-electron chi connectivity index (χ4n) is 3.85. The molecule has 6 nitrogen and oxygen atoms in total. The van der Waals surface area contributed by atoms with E-state index in [1.54, 1.807) is 23.7 Å². The topological polar surface area (TPSA) is 57.0 Å². The van der Waals surface area contributed by atoms with Gasteiger partial charge in [0.25, 0.3) is 5.91 Å². The molecule has 2 aliphatic rings. The van der Waals surface area contributed by atoms with Crippen LogP contribution in [0.15, 0.2) is 33.6 Å². The highest BCUT2D eigenvalue weighted by atomic mass is 32.1. The number of amides is 2. The summed E-state index contributed by atoms with van der Waals surface area (Å²) < 4.78 is 5.27. The van der Waals surface area contributed by atoms with E-state index >= 15 is 0 Å². The van der Waals surface area contributed by atoms with Gasteiger partial charge in [-0.3, -0.25) is 14.5 Å². The Kier molecular flexibility index (Phi) is 3.92. The monoisotopic (exact) mass is 359 g/mol. The van der Waals surface area contributed by atoms with Crippen LogP contribution in [0.25, 0.3) is 0 Å². The van der Waals surface area contributed by atoms with Crippen molar-refractivity contribution in [3.8, 4) is 0 Å². The molecule has 4 heterocycles. The van der Waals surface area contributed by atoms with E-state index in [2.05, 4.69) is 4.90 Å². The normalized spacial score (nSPS) is 24.5. The Balaban J connectivity index is 1.56. The fourth-order valence-corrected chi connectivity index (χ4v) is 4.49. The number of hydrogen-bond acceptors (Lipinski definition) is 5. The first-order chi connectivity index (χ1) is 12.0. The first-order valence-electron chi connectivity index (χ1n) is 8.37. The van der Waals surface area contributed by atoms with Crippen molar-refractivity contribution >= 4 is 28.8 Å². The molecule has 0 saturated carbocycles. The van der Waals surface area contributed by atoms with E-state index in [-0.39, 0.29) is 17.4 Å². The molecule has 2 saturated heterocycles. The molecule has 0 radical (unpaired) electrons. The Labute approximate surface area is 150 Å². The van der Waals surface area contributed by atoms with Crippen LogP contribution in [0.2, 0.25) is 0 Å². The van der Waals surface area contributed by atoms with Crippen molar-refractivity contribution in [1.82, 2.24) is 9.80 Å². The zero-order valence-electron chi connectivity index (χ0n) is 14.4. The molecule has 2 aromatic heterocycles. The van der Waals surface area contributed by atoms with Crippen LogP contribution in [-0.2, 0) is 4.79 Å². The van der Waals surface area contributed by atoms with Crippen molar-refractivity contribution in [2.75, 3.05) is 38.1 Å². The van der Waals surface area contributed by atoms with Gasteiger partial charge in [-0.05, 0) is 37.9 Å². The fraction of sp³-hybridized carbons (Fsp3) is 0.444. The summed E-state index contributed by atoms with van der Waals surface area (Å²) in [6, 6.07) is 3.71.